The number of carbonyl (C=O) groups is 1. The van der Waals surface area contributed by atoms with E-state index in [9.17, 15) is 4.79 Å². The predicted octanol–water partition coefficient (Wildman–Crippen LogP) is 2.44. The van der Waals surface area contributed by atoms with E-state index < -0.39 is 0 Å². The van der Waals surface area contributed by atoms with Gasteiger partial charge < -0.3 is 9.69 Å². The molecular formula is C14H17NOS. The number of benzene rings is 1. The highest BCUT2D eigenvalue weighted by atomic mass is 32.2. The average molecular weight is 247 g/mol. The van der Waals surface area contributed by atoms with Crippen molar-refractivity contribution in [3.63, 3.8) is 0 Å². The molecule has 0 amide bonds. The third kappa shape index (κ3) is 2.02. The van der Waals surface area contributed by atoms with Gasteiger partial charge in [0, 0.05) is 11.4 Å². The van der Waals surface area contributed by atoms with E-state index in [0.717, 1.165) is 6.54 Å². The minimum Gasteiger partial charge on any atom is -0.302 e. The lowest BCUT2D eigenvalue weighted by molar-refractivity contribution is -0.114. The molecule has 4 rings (SSSR count). The van der Waals surface area contributed by atoms with Crippen LogP contribution in [-0.4, -0.2) is 35.6 Å². The lowest BCUT2D eigenvalue weighted by Crippen LogP contribution is -2.58. The van der Waals surface area contributed by atoms with Gasteiger partial charge in [0.05, 0.1) is 4.75 Å². The lowest BCUT2D eigenvalue weighted by atomic mass is 9.79. The molecule has 0 radical (unpaired) electrons. The minimum atomic E-state index is -0.197. The van der Waals surface area contributed by atoms with Crippen LogP contribution in [0.1, 0.15) is 12.8 Å². The van der Waals surface area contributed by atoms with Crippen LogP contribution in [0.25, 0.3) is 0 Å². The van der Waals surface area contributed by atoms with Gasteiger partial charge in [0.2, 0.25) is 0 Å². The fraction of sp³-hybridized carbons (Fsp3) is 0.500. The monoisotopic (exact) mass is 247 g/mol. The number of piperidine rings is 3. The summed E-state index contributed by atoms with van der Waals surface area (Å²) in [5.74, 6) is 0.565. The number of carbonyl (C=O) groups excluding carboxylic acids is 1. The van der Waals surface area contributed by atoms with Gasteiger partial charge in [0.1, 0.15) is 6.29 Å². The fourth-order valence-corrected chi connectivity index (χ4v) is 4.47. The molecule has 3 aliphatic rings. The predicted molar refractivity (Wildman–Crippen MR) is 70.3 cm³/mol. The number of aldehydes is 1. The molecule has 3 heterocycles. The van der Waals surface area contributed by atoms with Crippen molar-refractivity contribution in [1.29, 1.82) is 0 Å². The molecule has 17 heavy (non-hydrogen) atoms. The first-order valence-electron chi connectivity index (χ1n) is 6.25. The Hall–Kier alpha value is -0.800. The van der Waals surface area contributed by atoms with E-state index in [2.05, 4.69) is 17.0 Å². The Balaban J connectivity index is 1.85. The topological polar surface area (TPSA) is 20.3 Å². The Labute approximate surface area is 106 Å². The summed E-state index contributed by atoms with van der Waals surface area (Å²) in [7, 11) is 0. The van der Waals surface area contributed by atoms with Gasteiger partial charge in [0.15, 0.2) is 0 Å². The van der Waals surface area contributed by atoms with Crippen LogP contribution in [0.15, 0.2) is 35.2 Å². The Morgan fingerprint density at radius 3 is 2.47 bits per heavy atom. The molecule has 3 aliphatic heterocycles. The van der Waals surface area contributed by atoms with Gasteiger partial charge in [0.25, 0.3) is 0 Å². The van der Waals surface area contributed by atoms with Crippen LogP contribution in [0.4, 0.5) is 0 Å². The maximum atomic E-state index is 11.6. The van der Waals surface area contributed by atoms with Crippen molar-refractivity contribution in [1.82, 2.24) is 4.90 Å². The normalized spacial score (nSPS) is 35.8. The van der Waals surface area contributed by atoms with Gasteiger partial charge in [-0.1, -0.05) is 18.2 Å². The van der Waals surface area contributed by atoms with Gasteiger partial charge in [-0.15, -0.1) is 11.8 Å². The second-order valence-electron chi connectivity index (χ2n) is 5.04. The largest absolute Gasteiger partial charge is 0.302 e. The van der Waals surface area contributed by atoms with Crippen LogP contribution in [0.2, 0.25) is 0 Å². The number of fused-ring (bicyclic) bond motifs is 3. The molecular weight excluding hydrogens is 230 g/mol. The highest BCUT2D eigenvalue weighted by Gasteiger charge is 2.47. The van der Waals surface area contributed by atoms with E-state index in [4.69, 9.17) is 0 Å². The van der Waals surface area contributed by atoms with Gasteiger partial charge in [-0.25, -0.2) is 0 Å². The molecule has 2 bridgehead atoms. The van der Waals surface area contributed by atoms with Gasteiger partial charge >= 0.3 is 0 Å². The summed E-state index contributed by atoms with van der Waals surface area (Å²) in [6, 6.07) is 10.3. The molecule has 3 fully saturated rings. The maximum Gasteiger partial charge on any atom is 0.137 e. The minimum absolute atomic E-state index is 0.197. The molecule has 90 valence electrons. The van der Waals surface area contributed by atoms with Crippen molar-refractivity contribution in [2.75, 3.05) is 19.6 Å². The van der Waals surface area contributed by atoms with Crippen molar-refractivity contribution in [2.24, 2.45) is 5.92 Å². The second kappa shape index (κ2) is 4.46. The number of hydrogen-bond donors (Lipinski definition) is 0. The number of thioether (sulfide) groups is 1. The smallest absolute Gasteiger partial charge is 0.137 e. The lowest BCUT2D eigenvalue weighted by Gasteiger charge is -2.50. The standard InChI is InChI=1S/C14H17NOS/c16-11-14(17-13-4-2-1-3-5-13)10-15-8-6-12(14)7-9-15/h1-5,11-12H,6-10H2. The van der Waals surface area contributed by atoms with E-state index in [-0.39, 0.29) is 4.75 Å². The molecule has 0 saturated carbocycles. The molecule has 1 aromatic carbocycles. The quantitative estimate of drug-likeness (QED) is 0.765. The zero-order valence-electron chi connectivity index (χ0n) is 9.84. The van der Waals surface area contributed by atoms with Gasteiger partial charge in [-0.05, 0) is 44.0 Å². The van der Waals surface area contributed by atoms with Crippen molar-refractivity contribution in [2.45, 2.75) is 22.5 Å². The Morgan fingerprint density at radius 2 is 1.94 bits per heavy atom. The van der Waals surface area contributed by atoms with Gasteiger partial charge in [-0.3, -0.25) is 0 Å². The molecule has 3 saturated heterocycles. The zero-order valence-corrected chi connectivity index (χ0v) is 10.7. The summed E-state index contributed by atoms with van der Waals surface area (Å²) in [5.41, 5.74) is 0. The Kier molecular flexibility index (Phi) is 2.97. The summed E-state index contributed by atoms with van der Waals surface area (Å²) < 4.78 is -0.197. The summed E-state index contributed by atoms with van der Waals surface area (Å²) in [5, 5.41) is 0. The molecule has 1 atom stereocenters. The van der Waals surface area contributed by atoms with Crippen molar-refractivity contribution in [3.05, 3.63) is 30.3 Å². The van der Waals surface area contributed by atoms with Crippen molar-refractivity contribution in [3.8, 4) is 0 Å². The molecule has 0 aliphatic carbocycles. The van der Waals surface area contributed by atoms with E-state index in [1.807, 2.05) is 18.2 Å². The number of nitrogens with zero attached hydrogens (tertiary/aromatic N) is 1. The van der Waals surface area contributed by atoms with Crippen LogP contribution >= 0.6 is 11.8 Å². The molecule has 3 heteroatoms. The first-order chi connectivity index (χ1) is 8.32. The number of rotatable bonds is 3. The number of hydrogen-bond acceptors (Lipinski definition) is 3. The zero-order chi connectivity index (χ0) is 11.7. The van der Waals surface area contributed by atoms with E-state index >= 15 is 0 Å². The average Bonchev–Trinajstić information content (AvgIpc) is 2.41. The summed E-state index contributed by atoms with van der Waals surface area (Å²) in [4.78, 5) is 15.3. The maximum absolute atomic E-state index is 11.6. The molecule has 0 aromatic heterocycles. The van der Waals surface area contributed by atoms with Crippen LogP contribution in [0.5, 0.6) is 0 Å². The van der Waals surface area contributed by atoms with Crippen LogP contribution in [-0.2, 0) is 4.79 Å². The molecule has 2 nitrogen and oxygen atoms in total. The van der Waals surface area contributed by atoms with Crippen molar-refractivity contribution >= 4 is 18.0 Å². The Bertz CT molecular complexity index is 400. The third-order valence-electron chi connectivity index (χ3n) is 4.00. The molecule has 1 unspecified atom stereocenters. The molecule has 0 N–H and O–H groups in total. The molecule has 1 aromatic rings. The third-order valence-corrected chi connectivity index (χ3v) is 5.45. The Morgan fingerprint density at radius 1 is 1.24 bits per heavy atom. The summed E-state index contributed by atoms with van der Waals surface area (Å²) in [6.07, 6.45) is 3.57. The second-order valence-corrected chi connectivity index (χ2v) is 6.47. The van der Waals surface area contributed by atoms with E-state index in [1.165, 1.54) is 37.1 Å². The fourth-order valence-electron chi connectivity index (χ4n) is 3.04. The van der Waals surface area contributed by atoms with E-state index in [0.29, 0.717) is 5.92 Å². The summed E-state index contributed by atoms with van der Waals surface area (Å²) in [6.45, 7) is 3.28. The SMILES string of the molecule is O=CC1(Sc2ccccc2)CN2CCC1CC2. The van der Waals surface area contributed by atoms with Crippen LogP contribution in [0, 0.1) is 5.92 Å². The van der Waals surface area contributed by atoms with Crippen LogP contribution < -0.4 is 0 Å². The van der Waals surface area contributed by atoms with Crippen LogP contribution in [0.3, 0.4) is 0 Å². The highest BCUT2D eigenvalue weighted by molar-refractivity contribution is 8.01. The van der Waals surface area contributed by atoms with E-state index in [1.54, 1.807) is 11.8 Å². The first kappa shape index (κ1) is 11.3. The molecule has 0 spiro atoms. The van der Waals surface area contributed by atoms with Gasteiger partial charge in [-0.2, -0.15) is 0 Å². The van der Waals surface area contributed by atoms with Crippen molar-refractivity contribution < 1.29 is 4.79 Å². The summed E-state index contributed by atoms with van der Waals surface area (Å²) >= 11 is 1.77. The highest BCUT2D eigenvalue weighted by Crippen LogP contribution is 2.46. The first-order valence-corrected chi connectivity index (χ1v) is 7.07.